The first-order chi connectivity index (χ1) is 17.4. The number of ether oxygens (including phenoxy) is 2. The first-order valence-corrected chi connectivity index (χ1v) is 13.6. The molecule has 0 bridgehead atoms. The molecular formula is C26H20Br2N2O4S2. The van der Waals surface area contributed by atoms with Crippen molar-refractivity contribution in [2.75, 3.05) is 6.61 Å². The lowest BCUT2D eigenvalue weighted by Gasteiger charge is -2.16. The van der Waals surface area contributed by atoms with Gasteiger partial charge in [0.2, 0.25) is 0 Å². The molecule has 1 N–H and O–H groups in total. The molecule has 0 spiro atoms. The first-order valence-electron chi connectivity index (χ1n) is 10.8. The van der Waals surface area contributed by atoms with E-state index in [1.807, 2.05) is 49.4 Å². The zero-order chi connectivity index (χ0) is 25.7. The summed E-state index contributed by atoms with van der Waals surface area (Å²) in [5.74, 6) is 0.288. The van der Waals surface area contributed by atoms with Crippen LogP contribution in [-0.4, -0.2) is 27.8 Å². The highest BCUT2D eigenvalue weighted by Gasteiger charge is 2.34. The number of carbonyl (C=O) groups is 2. The second-order valence-corrected chi connectivity index (χ2v) is 10.9. The van der Waals surface area contributed by atoms with E-state index in [9.17, 15) is 9.59 Å². The Morgan fingerprint density at radius 3 is 2.50 bits per heavy atom. The third kappa shape index (κ3) is 6.36. The van der Waals surface area contributed by atoms with Crippen LogP contribution in [-0.2, 0) is 11.4 Å². The van der Waals surface area contributed by atoms with Crippen LogP contribution < -0.4 is 14.9 Å². The second-order valence-electron chi connectivity index (χ2n) is 7.50. The smallest absolute Gasteiger partial charge is 0.285 e. The molecule has 4 rings (SSSR count). The molecule has 0 atom stereocenters. The van der Waals surface area contributed by atoms with Crippen LogP contribution in [0.2, 0.25) is 0 Å². The van der Waals surface area contributed by atoms with Gasteiger partial charge in [-0.1, -0.05) is 58.0 Å². The Morgan fingerprint density at radius 2 is 1.81 bits per heavy atom. The van der Waals surface area contributed by atoms with Crippen molar-refractivity contribution in [1.82, 2.24) is 10.4 Å². The van der Waals surface area contributed by atoms with Crippen molar-refractivity contribution in [3.63, 3.8) is 0 Å². The van der Waals surface area contributed by atoms with Gasteiger partial charge >= 0.3 is 0 Å². The maximum Gasteiger partial charge on any atom is 0.285 e. The van der Waals surface area contributed by atoms with Gasteiger partial charge in [0, 0.05) is 10.0 Å². The van der Waals surface area contributed by atoms with Gasteiger partial charge in [-0.25, -0.2) is 0 Å². The van der Waals surface area contributed by atoms with Crippen LogP contribution in [0.4, 0.5) is 0 Å². The van der Waals surface area contributed by atoms with Gasteiger partial charge in [-0.3, -0.25) is 15.0 Å². The first kappa shape index (κ1) is 26.4. The topological polar surface area (TPSA) is 67.9 Å². The second kappa shape index (κ2) is 12.1. The average Bonchev–Trinajstić information content (AvgIpc) is 3.12. The van der Waals surface area contributed by atoms with Gasteiger partial charge in [-0.2, -0.15) is 5.01 Å². The molecule has 6 nitrogen and oxygen atoms in total. The van der Waals surface area contributed by atoms with Crippen molar-refractivity contribution in [1.29, 1.82) is 0 Å². The average molecular weight is 648 g/mol. The van der Waals surface area contributed by atoms with E-state index >= 15 is 0 Å². The van der Waals surface area contributed by atoms with E-state index in [1.54, 1.807) is 30.3 Å². The van der Waals surface area contributed by atoms with E-state index in [1.165, 1.54) is 0 Å². The highest BCUT2D eigenvalue weighted by Crippen LogP contribution is 2.39. The number of hydrazine groups is 1. The SMILES string of the molecule is CCOc1cc(/C=C2\SC(=S)N(NC(=O)c3ccc(Br)cc3)C2=O)cc(Br)c1OCc1ccccc1. The third-order valence-electron chi connectivity index (χ3n) is 4.97. The van der Waals surface area contributed by atoms with E-state index in [2.05, 4.69) is 37.3 Å². The summed E-state index contributed by atoms with van der Waals surface area (Å²) in [6.07, 6.45) is 1.71. The highest BCUT2D eigenvalue weighted by molar-refractivity contribution is 9.10. The predicted molar refractivity (Wildman–Crippen MR) is 153 cm³/mol. The summed E-state index contributed by atoms with van der Waals surface area (Å²) in [6, 6.07) is 20.3. The van der Waals surface area contributed by atoms with Crippen LogP contribution >= 0.6 is 55.8 Å². The molecule has 1 saturated heterocycles. The lowest BCUT2D eigenvalue weighted by atomic mass is 10.1. The molecule has 10 heteroatoms. The van der Waals surface area contributed by atoms with Crippen LogP contribution in [0.3, 0.4) is 0 Å². The summed E-state index contributed by atoms with van der Waals surface area (Å²) >= 11 is 13.4. The van der Waals surface area contributed by atoms with E-state index in [0.717, 1.165) is 32.4 Å². The number of amides is 2. The number of halogens is 2. The van der Waals surface area contributed by atoms with Crippen molar-refractivity contribution < 1.29 is 19.1 Å². The van der Waals surface area contributed by atoms with E-state index in [4.69, 9.17) is 21.7 Å². The Hall–Kier alpha value is -2.66. The molecule has 3 aromatic carbocycles. The maximum atomic E-state index is 13.0. The van der Waals surface area contributed by atoms with Crippen molar-refractivity contribution in [2.45, 2.75) is 13.5 Å². The summed E-state index contributed by atoms with van der Waals surface area (Å²) in [5.41, 5.74) is 4.75. The molecule has 0 saturated carbocycles. The van der Waals surface area contributed by atoms with Crippen LogP contribution in [0.15, 0.2) is 80.6 Å². The van der Waals surface area contributed by atoms with Crippen LogP contribution in [0, 0.1) is 0 Å². The molecule has 1 heterocycles. The number of nitrogens with one attached hydrogen (secondary N) is 1. The van der Waals surface area contributed by atoms with Crippen LogP contribution in [0.5, 0.6) is 11.5 Å². The van der Waals surface area contributed by atoms with Gasteiger partial charge in [0.1, 0.15) is 6.61 Å². The van der Waals surface area contributed by atoms with Gasteiger partial charge < -0.3 is 9.47 Å². The van der Waals surface area contributed by atoms with E-state index in [-0.39, 0.29) is 4.32 Å². The zero-order valence-electron chi connectivity index (χ0n) is 19.0. The Labute approximate surface area is 235 Å². The maximum absolute atomic E-state index is 13.0. The Balaban J connectivity index is 1.53. The van der Waals surface area contributed by atoms with Crippen molar-refractivity contribution in [3.8, 4) is 11.5 Å². The number of nitrogens with zero attached hydrogens (tertiary/aromatic N) is 1. The number of hydrogen-bond acceptors (Lipinski definition) is 6. The summed E-state index contributed by atoms with van der Waals surface area (Å²) < 4.78 is 13.6. The summed E-state index contributed by atoms with van der Waals surface area (Å²) in [6.45, 7) is 2.72. The van der Waals surface area contributed by atoms with Crippen molar-refractivity contribution >= 4 is 78.1 Å². The van der Waals surface area contributed by atoms with Gasteiger partial charge in [0.25, 0.3) is 11.8 Å². The summed E-state index contributed by atoms with van der Waals surface area (Å²) in [7, 11) is 0. The minimum atomic E-state index is -0.429. The Bertz CT molecular complexity index is 1330. The van der Waals surface area contributed by atoms with Gasteiger partial charge in [-0.05, 0) is 88.7 Å². The number of hydrogen-bond donors (Lipinski definition) is 1. The lowest BCUT2D eigenvalue weighted by molar-refractivity contribution is -0.123. The van der Waals surface area contributed by atoms with Gasteiger partial charge in [0.15, 0.2) is 15.8 Å². The van der Waals surface area contributed by atoms with Crippen LogP contribution in [0.25, 0.3) is 6.08 Å². The predicted octanol–water partition coefficient (Wildman–Crippen LogP) is 6.74. The molecule has 0 radical (unpaired) electrons. The Morgan fingerprint density at radius 1 is 1.08 bits per heavy atom. The lowest BCUT2D eigenvalue weighted by Crippen LogP contribution is -2.44. The monoisotopic (exact) mass is 646 g/mol. The van der Waals surface area contributed by atoms with E-state index in [0.29, 0.717) is 39.7 Å². The van der Waals surface area contributed by atoms with E-state index < -0.39 is 11.8 Å². The molecule has 1 aliphatic heterocycles. The molecule has 0 aromatic heterocycles. The fourth-order valence-corrected chi connectivity index (χ4v) is 5.30. The number of rotatable bonds is 8. The molecule has 0 unspecified atom stereocenters. The standard InChI is InChI=1S/C26H20Br2N2O4S2/c1-2-33-21-13-17(12-20(28)23(21)34-15-16-6-4-3-5-7-16)14-22-25(32)30(26(35)36-22)29-24(31)18-8-10-19(27)11-9-18/h3-14H,2,15H2,1H3,(H,29,31)/b22-14-. The molecule has 0 aliphatic carbocycles. The third-order valence-corrected chi connectivity index (χ3v) is 7.39. The Kier molecular flexibility index (Phi) is 8.84. The quantitative estimate of drug-likeness (QED) is 0.216. The molecule has 1 aliphatic rings. The van der Waals surface area contributed by atoms with Gasteiger partial charge in [0.05, 0.1) is 16.0 Å². The fourth-order valence-electron chi connectivity index (χ4n) is 3.29. The molecule has 2 amide bonds. The van der Waals surface area contributed by atoms with Crippen LogP contribution in [0.1, 0.15) is 28.4 Å². The number of thioether (sulfide) groups is 1. The largest absolute Gasteiger partial charge is 0.490 e. The minimum absolute atomic E-state index is 0.239. The highest BCUT2D eigenvalue weighted by atomic mass is 79.9. The fraction of sp³-hybridized carbons (Fsp3) is 0.115. The minimum Gasteiger partial charge on any atom is -0.490 e. The number of thiocarbonyl (C=S) groups is 1. The van der Waals surface area contributed by atoms with Gasteiger partial charge in [-0.15, -0.1) is 0 Å². The van der Waals surface area contributed by atoms with Crippen molar-refractivity contribution in [2.24, 2.45) is 0 Å². The molecule has 3 aromatic rings. The summed E-state index contributed by atoms with van der Waals surface area (Å²) in [4.78, 5) is 26.0. The molecule has 184 valence electrons. The normalized spacial score (nSPS) is 14.3. The number of carbonyl (C=O) groups excluding carboxylic acids is 2. The number of benzene rings is 3. The zero-order valence-corrected chi connectivity index (χ0v) is 23.8. The molecular weight excluding hydrogens is 628 g/mol. The van der Waals surface area contributed by atoms with Crippen molar-refractivity contribution in [3.05, 3.63) is 97.3 Å². The summed E-state index contributed by atoms with van der Waals surface area (Å²) in [5, 5.41) is 1.09. The molecule has 36 heavy (non-hydrogen) atoms. The molecule has 1 fully saturated rings.